The fraction of sp³-hybridized carbons (Fsp3) is 0.370. The molecule has 8 heteroatoms. The largest absolute Gasteiger partial charge is 0.493 e. The Hall–Kier alpha value is -3.26. The molecule has 0 radical (unpaired) electrons. The van der Waals surface area contributed by atoms with E-state index in [-0.39, 0.29) is 5.78 Å². The molecule has 184 valence electrons. The number of carbonyl (C=O) groups is 1. The van der Waals surface area contributed by atoms with Crippen molar-refractivity contribution in [3.63, 3.8) is 0 Å². The number of aryl methyl sites for hydroxylation is 1. The summed E-state index contributed by atoms with van der Waals surface area (Å²) in [6.07, 6.45) is 2.22. The van der Waals surface area contributed by atoms with Gasteiger partial charge in [-0.1, -0.05) is 61.0 Å². The molecule has 35 heavy (non-hydrogen) atoms. The summed E-state index contributed by atoms with van der Waals surface area (Å²) in [7, 11) is 1.62. The van der Waals surface area contributed by atoms with Gasteiger partial charge in [0.15, 0.2) is 17.3 Å². The van der Waals surface area contributed by atoms with Gasteiger partial charge < -0.3 is 14.8 Å². The number of fused-ring (bicyclic) bond motifs is 1. The fourth-order valence-corrected chi connectivity index (χ4v) is 5.11. The zero-order chi connectivity index (χ0) is 24.9. The maximum absolute atomic E-state index is 12.7. The molecule has 1 atom stereocenters. The summed E-state index contributed by atoms with van der Waals surface area (Å²) >= 11 is 1.63. The van der Waals surface area contributed by atoms with Crippen LogP contribution < -0.4 is 14.8 Å². The molecule has 0 fully saturated rings. The molecule has 0 saturated carbocycles. The third-order valence-corrected chi connectivity index (χ3v) is 6.85. The molecule has 1 aliphatic rings. The maximum atomic E-state index is 12.7. The lowest BCUT2D eigenvalue weighted by atomic mass is 9.93. The van der Waals surface area contributed by atoms with Gasteiger partial charge >= 0.3 is 0 Å². The Labute approximate surface area is 210 Å². The van der Waals surface area contributed by atoms with Crippen molar-refractivity contribution in [1.29, 1.82) is 0 Å². The van der Waals surface area contributed by atoms with E-state index in [1.807, 2.05) is 37.3 Å². The van der Waals surface area contributed by atoms with Gasteiger partial charge in [0.25, 0.3) is 0 Å². The van der Waals surface area contributed by atoms with Crippen LogP contribution in [0.3, 0.4) is 0 Å². The number of hydrogen-bond acceptors (Lipinski definition) is 7. The van der Waals surface area contributed by atoms with E-state index in [0.29, 0.717) is 34.8 Å². The molecule has 0 spiro atoms. The molecule has 1 unspecified atom stereocenters. The third kappa shape index (κ3) is 5.53. The van der Waals surface area contributed by atoms with E-state index in [9.17, 15) is 4.79 Å². The summed E-state index contributed by atoms with van der Waals surface area (Å²) in [6, 6.07) is 13.6. The van der Waals surface area contributed by atoms with Gasteiger partial charge in [0.2, 0.25) is 11.1 Å². The average Bonchev–Trinajstić information content (AvgIpc) is 3.24. The first-order valence-electron chi connectivity index (χ1n) is 11.9. The number of nitrogens with zero attached hydrogens (tertiary/aromatic N) is 3. The van der Waals surface area contributed by atoms with Crippen molar-refractivity contribution in [2.45, 2.75) is 58.3 Å². The van der Waals surface area contributed by atoms with Gasteiger partial charge in [0.1, 0.15) is 12.6 Å². The normalized spacial score (nSPS) is 14.9. The molecule has 3 aromatic rings. The predicted octanol–water partition coefficient (Wildman–Crippen LogP) is 5.94. The van der Waals surface area contributed by atoms with Crippen LogP contribution in [0.4, 0.5) is 5.95 Å². The topological polar surface area (TPSA) is 78.3 Å². The van der Waals surface area contributed by atoms with Gasteiger partial charge in [-0.2, -0.15) is 4.98 Å². The number of unbranched alkanes of at least 4 members (excludes halogenated alkanes) is 1. The number of aromatic nitrogens is 3. The van der Waals surface area contributed by atoms with Crippen LogP contribution in [-0.2, 0) is 11.4 Å². The number of methoxy groups -OCH3 is 1. The standard InChI is InChI=1S/C27H32N4O3S/c1-6-7-13-35-27-29-26-28-18(3)24(19(4)32)25(31(26)30-27)21-11-12-22(23(15-21)33-5)34-16-20-10-8-9-17(2)14-20/h8-12,14-15,25H,6-7,13,16H2,1-5H3,(H,28,29,30). The second-order valence-electron chi connectivity index (χ2n) is 8.67. The van der Waals surface area contributed by atoms with Crippen molar-refractivity contribution in [3.8, 4) is 11.5 Å². The van der Waals surface area contributed by atoms with E-state index in [0.717, 1.165) is 35.4 Å². The minimum atomic E-state index is -0.406. The molecule has 0 aliphatic carbocycles. The highest BCUT2D eigenvalue weighted by atomic mass is 32.2. The van der Waals surface area contributed by atoms with Crippen LogP contribution in [0.5, 0.6) is 11.5 Å². The number of nitrogens with one attached hydrogen (secondary N) is 1. The van der Waals surface area contributed by atoms with Crippen LogP contribution in [0.2, 0.25) is 0 Å². The quantitative estimate of drug-likeness (QED) is 0.277. The number of ether oxygens (including phenoxy) is 2. The first kappa shape index (κ1) is 24.9. The second-order valence-corrected chi connectivity index (χ2v) is 9.74. The number of rotatable bonds is 10. The summed E-state index contributed by atoms with van der Waals surface area (Å²) in [6.45, 7) is 8.16. The molecule has 1 N–H and O–H groups in total. The lowest BCUT2D eigenvalue weighted by Gasteiger charge is -2.28. The van der Waals surface area contributed by atoms with Crippen molar-refractivity contribution >= 4 is 23.5 Å². The Morgan fingerprint density at radius 3 is 2.71 bits per heavy atom. The summed E-state index contributed by atoms with van der Waals surface area (Å²) in [5, 5.41) is 8.72. The van der Waals surface area contributed by atoms with E-state index in [4.69, 9.17) is 14.6 Å². The number of benzene rings is 2. The Balaban J connectivity index is 1.66. The molecule has 7 nitrogen and oxygen atoms in total. The van der Waals surface area contributed by atoms with Crippen molar-refractivity contribution in [3.05, 3.63) is 70.4 Å². The van der Waals surface area contributed by atoms with Gasteiger partial charge in [0, 0.05) is 17.0 Å². The van der Waals surface area contributed by atoms with Crippen LogP contribution in [-0.4, -0.2) is 33.4 Å². The molecule has 2 heterocycles. The van der Waals surface area contributed by atoms with Gasteiger partial charge in [-0.3, -0.25) is 4.79 Å². The summed E-state index contributed by atoms with van der Waals surface area (Å²) in [5.74, 6) is 2.83. The summed E-state index contributed by atoms with van der Waals surface area (Å²) in [5.41, 5.74) is 4.60. The third-order valence-electron chi connectivity index (χ3n) is 5.92. The van der Waals surface area contributed by atoms with Crippen LogP contribution in [0.15, 0.2) is 58.9 Å². The molecule has 1 aliphatic heterocycles. The smallest absolute Gasteiger partial charge is 0.227 e. The number of ketones is 1. The Bertz CT molecular complexity index is 1250. The first-order valence-corrected chi connectivity index (χ1v) is 12.8. The molecule has 0 saturated heterocycles. The van der Waals surface area contributed by atoms with E-state index in [2.05, 4.69) is 36.3 Å². The summed E-state index contributed by atoms with van der Waals surface area (Å²) < 4.78 is 13.6. The van der Waals surface area contributed by atoms with Crippen molar-refractivity contribution < 1.29 is 14.3 Å². The van der Waals surface area contributed by atoms with Gasteiger partial charge in [-0.15, -0.1) is 5.10 Å². The van der Waals surface area contributed by atoms with Crippen LogP contribution in [0.25, 0.3) is 0 Å². The number of Topliss-reactive ketones (excluding diaryl/α,β-unsaturated/α-hetero) is 1. The highest BCUT2D eigenvalue weighted by Crippen LogP contribution is 2.39. The lowest BCUT2D eigenvalue weighted by molar-refractivity contribution is -0.114. The van der Waals surface area contributed by atoms with Crippen molar-refractivity contribution in [2.75, 3.05) is 18.2 Å². The molecule has 0 bridgehead atoms. The fourth-order valence-electron chi connectivity index (χ4n) is 4.20. The average molecular weight is 493 g/mol. The van der Waals surface area contributed by atoms with Crippen LogP contribution >= 0.6 is 11.8 Å². The maximum Gasteiger partial charge on any atom is 0.227 e. The highest BCUT2D eigenvalue weighted by molar-refractivity contribution is 7.99. The molecule has 4 rings (SSSR count). The monoisotopic (exact) mass is 492 g/mol. The molecular weight excluding hydrogens is 460 g/mol. The number of anilines is 1. The van der Waals surface area contributed by atoms with Crippen molar-refractivity contribution in [1.82, 2.24) is 14.8 Å². The lowest BCUT2D eigenvalue weighted by Crippen LogP contribution is -2.27. The van der Waals surface area contributed by atoms with E-state index in [1.54, 1.807) is 30.5 Å². The molecule has 2 aromatic carbocycles. The first-order chi connectivity index (χ1) is 16.9. The van der Waals surface area contributed by atoms with Crippen LogP contribution in [0, 0.1) is 6.92 Å². The second kappa shape index (κ2) is 11.0. The Kier molecular flexibility index (Phi) is 7.80. The number of thioether (sulfide) groups is 1. The van der Waals surface area contributed by atoms with Gasteiger partial charge in [0.05, 0.1) is 7.11 Å². The van der Waals surface area contributed by atoms with E-state index < -0.39 is 6.04 Å². The van der Waals surface area contributed by atoms with E-state index >= 15 is 0 Å². The number of hydrogen-bond donors (Lipinski definition) is 1. The SMILES string of the molecule is CCCCSc1nc2n(n1)C(c1ccc(OCc3cccc(C)c3)c(OC)c1)C(C(C)=O)=C(C)N2. The van der Waals surface area contributed by atoms with E-state index in [1.165, 1.54) is 5.56 Å². The molecular formula is C27H32N4O3S. The van der Waals surface area contributed by atoms with Gasteiger partial charge in [-0.05, 0) is 50.5 Å². The number of carbonyl (C=O) groups excluding carboxylic acids is 1. The molecule has 0 amide bonds. The summed E-state index contributed by atoms with van der Waals surface area (Å²) in [4.78, 5) is 17.4. The van der Waals surface area contributed by atoms with Crippen LogP contribution in [0.1, 0.15) is 56.3 Å². The number of allylic oxidation sites excluding steroid dienone is 2. The minimum absolute atomic E-state index is 0.0138. The minimum Gasteiger partial charge on any atom is -0.493 e. The zero-order valence-electron chi connectivity index (χ0n) is 20.9. The predicted molar refractivity (Wildman–Crippen MR) is 139 cm³/mol. The Morgan fingerprint density at radius 2 is 2.00 bits per heavy atom. The zero-order valence-corrected chi connectivity index (χ0v) is 21.7. The molecule has 1 aromatic heterocycles. The Morgan fingerprint density at radius 1 is 1.17 bits per heavy atom. The highest BCUT2D eigenvalue weighted by Gasteiger charge is 2.33. The van der Waals surface area contributed by atoms with Gasteiger partial charge in [-0.25, -0.2) is 4.68 Å². The van der Waals surface area contributed by atoms with Crippen molar-refractivity contribution in [2.24, 2.45) is 0 Å².